The van der Waals surface area contributed by atoms with Gasteiger partial charge in [-0.3, -0.25) is 4.79 Å². The molecule has 0 aliphatic carbocycles. The Bertz CT molecular complexity index is 1050. The summed E-state index contributed by atoms with van der Waals surface area (Å²) in [6.45, 7) is 8.12. The SMILES string of the molecule is CCN1CCN(c2ccc(C(=O)N(C)C(C)c3cccc(S(N)(=O)=O)c3)cc2F)CC1. The first-order valence-corrected chi connectivity index (χ1v) is 11.8. The Morgan fingerprint density at radius 1 is 1.16 bits per heavy atom. The predicted octanol–water partition coefficient (Wildman–Crippen LogP) is 2.45. The summed E-state index contributed by atoms with van der Waals surface area (Å²) in [5.41, 5.74) is 1.36. The number of sulfonamides is 1. The Morgan fingerprint density at radius 2 is 1.84 bits per heavy atom. The van der Waals surface area contributed by atoms with Crippen molar-refractivity contribution >= 4 is 21.6 Å². The highest BCUT2D eigenvalue weighted by Crippen LogP contribution is 2.26. The summed E-state index contributed by atoms with van der Waals surface area (Å²) in [5.74, 6) is -0.775. The molecule has 168 valence electrons. The fourth-order valence-electron chi connectivity index (χ4n) is 3.76. The van der Waals surface area contributed by atoms with Crippen molar-refractivity contribution in [2.45, 2.75) is 24.8 Å². The molecule has 31 heavy (non-hydrogen) atoms. The van der Waals surface area contributed by atoms with E-state index in [1.54, 1.807) is 38.2 Å². The van der Waals surface area contributed by atoms with Crippen LogP contribution >= 0.6 is 0 Å². The van der Waals surface area contributed by atoms with Crippen LogP contribution < -0.4 is 10.0 Å². The molecule has 1 saturated heterocycles. The standard InChI is InChI=1S/C22H29FN4O3S/c1-4-26-10-12-27(13-11-26)21-9-8-18(15-20(21)23)22(28)25(3)16(2)17-6-5-7-19(14-17)31(24,29)30/h5-9,14-16H,4,10-13H2,1-3H3,(H2,24,29,30). The van der Waals surface area contributed by atoms with Crippen LogP contribution in [0.5, 0.6) is 0 Å². The van der Waals surface area contributed by atoms with Crippen LogP contribution in [-0.4, -0.2) is 63.9 Å². The van der Waals surface area contributed by atoms with Crippen LogP contribution in [0.2, 0.25) is 0 Å². The van der Waals surface area contributed by atoms with Crippen LogP contribution in [0.15, 0.2) is 47.4 Å². The number of hydrogen-bond acceptors (Lipinski definition) is 5. The number of carbonyl (C=O) groups excluding carboxylic acids is 1. The van der Waals surface area contributed by atoms with E-state index in [1.807, 2.05) is 4.90 Å². The van der Waals surface area contributed by atoms with Crippen molar-refractivity contribution in [2.24, 2.45) is 5.14 Å². The van der Waals surface area contributed by atoms with Crippen molar-refractivity contribution in [3.05, 3.63) is 59.4 Å². The normalized spacial score (nSPS) is 16.2. The van der Waals surface area contributed by atoms with E-state index in [-0.39, 0.29) is 16.4 Å². The number of rotatable bonds is 6. The second-order valence-electron chi connectivity index (χ2n) is 7.80. The summed E-state index contributed by atoms with van der Waals surface area (Å²) in [6, 6.07) is 10.3. The number of nitrogens with zero attached hydrogens (tertiary/aromatic N) is 3. The average molecular weight is 449 g/mol. The Hall–Kier alpha value is -2.49. The van der Waals surface area contributed by atoms with Crippen LogP contribution in [0.1, 0.15) is 35.8 Å². The number of nitrogens with two attached hydrogens (primary N) is 1. The van der Waals surface area contributed by atoms with E-state index in [2.05, 4.69) is 11.8 Å². The highest BCUT2D eigenvalue weighted by Gasteiger charge is 2.23. The Balaban J connectivity index is 1.76. The van der Waals surface area contributed by atoms with Gasteiger partial charge in [-0.25, -0.2) is 17.9 Å². The van der Waals surface area contributed by atoms with E-state index in [1.165, 1.54) is 23.1 Å². The Morgan fingerprint density at radius 3 is 2.42 bits per heavy atom. The number of piperazine rings is 1. The van der Waals surface area contributed by atoms with Crippen molar-refractivity contribution < 1.29 is 17.6 Å². The summed E-state index contributed by atoms with van der Waals surface area (Å²) in [6.07, 6.45) is 0. The molecule has 0 bridgehead atoms. The number of primary sulfonamides is 1. The van der Waals surface area contributed by atoms with Gasteiger partial charge in [-0.05, 0) is 49.4 Å². The van der Waals surface area contributed by atoms with Crippen molar-refractivity contribution in [1.82, 2.24) is 9.80 Å². The van der Waals surface area contributed by atoms with Crippen LogP contribution in [0.25, 0.3) is 0 Å². The highest BCUT2D eigenvalue weighted by molar-refractivity contribution is 7.89. The number of carbonyl (C=O) groups is 1. The van der Waals surface area contributed by atoms with Crippen LogP contribution in [0.3, 0.4) is 0 Å². The molecule has 1 unspecified atom stereocenters. The molecule has 2 aromatic carbocycles. The van der Waals surface area contributed by atoms with Gasteiger partial charge in [0.1, 0.15) is 5.82 Å². The summed E-state index contributed by atoms with van der Waals surface area (Å²) >= 11 is 0. The van der Waals surface area contributed by atoms with Gasteiger partial charge in [0, 0.05) is 38.8 Å². The van der Waals surface area contributed by atoms with Gasteiger partial charge >= 0.3 is 0 Å². The lowest BCUT2D eigenvalue weighted by molar-refractivity contribution is 0.0742. The second-order valence-corrected chi connectivity index (χ2v) is 9.36. The van der Waals surface area contributed by atoms with Gasteiger partial charge in [0.25, 0.3) is 5.91 Å². The summed E-state index contributed by atoms with van der Waals surface area (Å²) in [5, 5.41) is 5.20. The van der Waals surface area contributed by atoms with E-state index in [4.69, 9.17) is 5.14 Å². The molecule has 1 aliphatic heterocycles. The molecule has 2 aromatic rings. The molecular weight excluding hydrogens is 419 g/mol. The molecule has 0 spiro atoms. The van der Waals surface area contributed by atoms with Crippen molar-refractivity contribution in [3.63, 3.8) is 0 Å². The fraction of sp³-hybridized carbons (Fsp3) is 0.409. The molecule has 2 N–H and O–H groups in total. The zero-order valence-electron chi connectivity index (χ0n) is 18.1. The van der Waals surface area contributed by atoms with E-state index in [0.717, 1.165) is 32.7 Å². The second kappa shape index (κ2) is 9.33. The van der Waals surface area contributed by atoms with Crippen molar-refractivity contribution in [2.75, 3.05) is 44.7 Å². The lowest BCUT2D eigenvalue weighted by Gasteiger charge is -2.35. The molecule has 7 nitrogen and oxygen atoms in total. The van der Waals surface area contributed by atoms with E-state index in [9.17, 15) is 17.6 Å². The Kier molecular flexibility index (Phi) is 6.98. The third-order valence-electron chi connectivity index (χ3n) is 5.93. The van der Waals surface area contributed by atoms with Gasteiger partial charge in [0.05, 0.1) is 16.6 Å². The largest absolute Gasteiger partial charge is 0.367 e. The molecule has 0 saturated carbocycles. The lowest BCUT2D eigenvalue weighted by Crippen LogP contribution is -2.46. The van der Waals surface area contributed by atoms with Gasteiger partial charge in [0.15, 0.2) is 0 Å². The molecule has 1 atom stereocenters. The molecule has 0 aromatic heterocycles. The number of halogens is 1. The molecule has 3 rings (SSSR count). The number of hydrogen-bond donors (Lipinski definition) is 1. The Labute approximate surface area is 183 Å². The van der Waals surface area contributed by atoms with E-state index < -0.39 is 21.9 Å². The molecule has 1 fully saturated rings. The lowest BCUT2D eigenvalue weighted by atomic mass is 10.1. The summed E-state index contributed by atoms with van der Waals surface area (Å²) < 4.78 is 38.1. The van der Waals surface area contributed by atoms with Gasteiger partial charge in [0.2, 0.25) is 10.0 Å². The smallest absolute Gasteiger partial charge is 0.254 e. The molecular formula is C22H29FN4O3S. The minimum atomic E-state index is -3.84. The number of benzene rings is 2. The number of likely N-dealkylation sites (N-methyl/N-ethyl adjacent to an activating group) is 1. The molecule has 1 aliphatic rings. The first-order valence-electron chi connectivity index (χ1n) is 10.3. The quantitative estimate of drug-likeness (QED) is 0.734. The van der Waals surface area contributed by atoms with Crippen molar-refractivity contribution in [3.8, 4) is 0 Å². The third kappa shape index (κ3) is 5.23. The monoisotopic (exact) mass is 448 g/mol. The minimum Gasteiger partial charge on any atom is -0.367 e. The number of amides is 1. The molecule has 0 radical (unpaired) electrons. The molecule has 1 amide bonds. The average Bonchev–Trinajstić information content (AvgIpc) is 2.77. The minimum absolute atomic E-state index is 0.0173. The zero-order chi connectivity index (χ0) is 22.8. The fourth-order valence-corrected chi connectivity index (χ4v) is 4.32. The van der Waals surface area contributed by atoms with Gasteiger partial charge in [-0.1, -0.05) is 19.1 Å². The van der Waals surface area contributed by atoms with Crippen molar-refractivity contribution in [1.29, 1.82) is 0 Å². The maximum atomic E-state index is 14.8. The van der Waals surface area contributed by atoms with Crippen LogP contribution in [-0.2, 0) is 10.0 Å². The topological polar surface area (TPSA) is 86.9 Å². The van der Waals surface area contributed by atoms with Gasteiger partial charge in [-0.2, -0.15) is 0 Å². The zero-order valence-corrected chi connectivity index (χ0v) is 18.9. The molecule has 1 heterocycles. The van der Waals surface area contributed by atoms with E-state index in [0.29, 0.717) is 11.3 Å². The van der Waals surface area contributed by atoms with E-state index >= 15 is 0 Å². The third-order valence-corrected chi connectivity index (χ3v) is 6.84. The summed E-state index contributed by atoms with van der Waals surface area (Å²) in [4.78, 5) is 18.7. The first kappa shape index (κ1) is 23.2. The summed E-state index contributed by atoms with van der Waals surface area (Å²) in [7, 11) is -2.24. The van der Waals surface area contributed by atoms with Gasteiger partial charge < -0.3 is 14.7 Å². The van der Waals surface area contributed by atoms with Crippen LogP contribution in [0, 0.1) is 5.82 Å². The van der Waals surface area contributed by atoms with Gasteiger partial charge in [-0.15, -0.1) is 0 Å². The maximum Gasteiger partial charge on any atom is 0.254 e. The number of anilines is 1. The predicted molar refractivity (Wildman–Crippen MR) is 119 cm³/mol. The first-order chi connectivity index (χ1) is 14.6. The molecule has 9 heteroatoms. The maximum absolute atomic E-state index is 14.8. The van der Waals surface area contributed by atoms with Crippen LogP contribution in [0.4, 0.5) is 10.1 Å². The highest BCUT2D eigenvalue weighted by atomic mass is 32.2.